The second-order valence-corrected chi connectivity index (χ2v) is 9.75. The van der Waals surface area contributed by atoms with Gasteiger partial charge in [-0.05, 0) is 70.1 Å². The Morgan fingerprint density at radius 3 is 2.59 bits per heavy atom. The van der Waals surface area contributed by atoms with Crippen LogP contribution in [0.25, 0.3) is 16.6 Å². The molecule has 2 aromatic carbocycles. The molecule has 0 aliphatic carbocycles. The van der Waals surface area contributed by atoms with Crippen LogP contribution in [0.3, 0.4) is 0 Å². The van der Waals surface area contributed by atoms with E-state index in [4.69, 9.17) is 0 Å². The Morgan fingerprint density at radius 2 is 1.82 bits per heavy atom. The topological polar surface area (TPSA) is 66.8 Å². The third-order valence-corrected chi connectivity index (χ3v) is 7.49. The van der Waals surface area contributed by atoms with E-state index < -0.39 is 0 Å². The number of hydrogen-bond donors (Lipinski definition) is 1. The normalized spacial score (nSPS) is 15.6. The lowest BCUT2D eigenvalue weighted by atomic mass is 10.1. The van der Waals surface area contributed by atoms with Crippen molar-refractivity contribution in [3.05, 3.63) is 71.4 Å². The number of fused-ring (bicyclic) bond motifs is 1. The summed E-state index contributed by atoms with van der Waals surface area (Å²) < 4.78 is 15.6. The largest absolute Gasteiger partial charge is 0.358 e. The van der Waals surface area contributed by atoms with Gasteiger partial charge in [-0.15, -0.1) is 10.2 Å². The van der Waals surface area contributed by atoms with Crippen molar-refractivity contribution in [1.29, 1.82) is 0 Å². The minimum Gasteiger partial charge on any atom is -0.358 e. The van der Waals surface area contributed by atoms with Crippen molar-refractivity contribution in [2.24, 2.45) is 0 Å². The van der Waals surface area contributed by atoms with Gasteiger partial charge in [0.25, 0.3) is 0 Å². The minimum absolute atomic E-state index is 0.0410. The second-order valence-electron chi connectivity index (χ2n) is 8.81. The van der Waals surface area contributed by atoms with E-state index in [1.54, 1.807) is 12.1 Å². The number of nitrogens with one attached hydrogen (secondary N) is 1. The summed E-state index contributed by atoms with van der Waals surface area (Å²) in [6.45, 7) is 6.12. The number of Topliss-reactive ketones (excluding diaryl/α,β-unsaturated/α-hetero) is 1. The van der Waals surface area contributed by atoms with E-state index in [0.717, 1.165) is 46.8 Å². The summed E-state index contributed by atoms with van der Waals surface area (Å²) in [6.07, 6.45) is 3.61. The van der Waals surface area contributed by atoms with E-state index in [9.17, 15) is 9.18 Å². The van der Waals surface area contributed by atoms with Crippen LogP contribution in [0.5, 0.6) is 0 Å². The van der Waals surface area contributed by atoms with Crippen molar-refractivity contribution in [1.82, 2.24) is 24.6 Å². The zero-order chi connectivity index (χ0) is 23.7. The van der Waals surface area contributed by atoms with Gasteiger partial charge in [-0.25, -0.2) is 4.39 Å². The van der Waals surface area contributed by atoms with Crippen LogP contribution in [0.1, 0.15) is 54.1 Å². The Kier molecular flexibility index (Phi) is 6.52. The van der Waals surface area contributed by atoms with E-state index in [1.807, 2.05) is 35.8 Å². The van der Waals surface area contributed by atoms with Gasteiger partial charge >= 0.3 is 0 Å². The summed E-state index contributed by atoms with van der Waals surface area (Å²) in [4.78, 5) is 19.0. The van der Waals surface area contributed by atoms with Crippen molar-refractivity contribution in [3.8, 4) is 5.69 Å². The first kappa shape index (κ1) is 22.8. The number of thioether (sulfide) groups is 1. The molecule has 6 nitrogen and oxygen atoms in total. The highest BCUT2D eigenvalue weighted by Crippen LogP contribution is 2.31. The number of para-hydroxylation sites is 1. The zero-order valence-corrected chi connectivity index (χ0v) is 20.2. The van der Waals surface area contributed by atoms with Crippen LogP contribution in [0.15, 0.2) is 53.7 Å². The first-order chi connectivity index (χ1) is 16.5. The highest BCUT2D eigenvalue weighted by atomic mass is 32.2. The number of likely N-dealkylation sites (tertiary alicyclic amines) is 1. The number of carbonyl (C=O) groups excluding carboxylic acids is 1. The summed E-state index contributed by atoms with van der Waals surface area (Å²) in [6, 6.07) is 14.3. The van der Waals surface area contributed by atoms with Crippen molar-refractivity contribution in [2.75, 3.05) is 18.8 Å². The Hall–Kier alpha value is -2.97. The maximum Gasteiger partial charge on any atom is 0.196 e. The van der Waals surface area contributed by atoms with E-state index >= 15 is 0 Å². The maximum absolute atomic E-state index is 13.7. The molecule has 1 aliphatic rings. The van der Waals surface area contributed by atoms with Crippen molar-refractivity contribution < 1.29 is 9.18 Å². The molecule has 176 valence electrons. The van der Waals surface area contributed by atoms with Gasteiger partial charge in [-0.2, -0.15) is 0 Å². The molecule has 0 amide bonds. The molecule has 1 unspecified atom stereocenters. The molecular formula is C26H28FN5OS. The van der Waals surface area contributed by atoms with Gasteiger partial charge in [0, 0.05) is 27.8 Å². The van der Waals surface area contributed by atoms with Gasteiger partial charge in [0.15, 0.2) is 16.8 Å². The minimum atomic E-state index is -0.290. The SMILES string of the molecule is Cc1[nH]c2ccccc2c1C(=O)CSc1nnc(C(C)N2CCCCC2)n1-c1ccc(F)cc1. The predicted octanol–water partition coefficient (Wildman–Crippen LogP) is 5.72. The van der Waals surface area contributed by atoms with Gasteiger partial charge < -0.3 is 4.98 Å². The first-order valence-electron chi connectivity index (χ1n) is 11.7. The molecule has 0 spiro atoms. The summed E-state index contributed by atoms with van der Waals surface area (Å²) >= 11 is 1.37. The maximum atomic E-state index is 13.7. The number of halogens is 1. The van der Waals surface area contributed by atoms with E-state index in [-0.39, 0.29) is 23.4 Å². The standard InChI is InChI=1S/C26H28FN5OS/c1-17-24(21-8-4-5-9-22(21)28-17)23(33)16-34-26-30-29-25(18(2)31-14-6-3-7-15-31)32(26)20-12-10-19(27)11-13-20/h4-5,8-13,18,28H,3,6-7,14-16H2,1-2H3. The second kappa shape index (κ2) is 9.72. The van der Waals surface area contributed by atoms with Crippen LogP contribution in [-0.2, 0) is 0 Å². The van der Waals surface area contributed by atoms with Crippen molar-refractivity contribution in [3.63, 3.8) is 0 Å². The summed E-state index contributed by atoms with van der Waals surface area (Å²) in [5.74, 6) is 0.799. The number of ketones is 1. The number of rotatable bonds is 7. The molecule has 8 heteroatoms. The number of aromatic nitrogens is 4. The average molecular weight is 478 g/mol. The Bertz CT molecular complexity index is 1310. The number of aryl methyl sites for hydroxylation is 1. The van der Waals surface area contributed by atoms with Crippen LogP contribution in [0, 0.1) is 12.7 Å². The molecule has 0 saturated carbocycles. The fourth-order valence-corrected chi connectivity index (χ4v) is 5.62. The third-order valence-electron chi connectivity index (χ3n) is 6.56. The van der Waals surface area contributed by atoms with Gasteiger partial charge in [-0.1, -0.05) is 36.4 Å². The van der Waals surface area contributed by atoms with Gasteiger partial charge in [0.1, 0.15) is 5.82 Å². The molecule has 5 rings (SSSR count). The zero-order valence-electron chi connectivity index (χ0n) is 19.4. The number of hydrogen-bond acceptors (Lipinski definition) is 5. The molecule has 1 fully saturated rings. The first-order valence-corrected chi connectivity index (χ1v) is 12.7. The molecule has 2 aromatic heterocycles. The smallest absolute Gasteiger partial charge is 0.196 e. The summed E-state index contributed by atoms with van der Waals surface area (Å²) in [7, 11) is 0. The molecule has 3 heterocycles. The Balaban J connectivity index is 1.45. The number of H-pyrrole nitrogens is 1. The summed E-state index contributed by atoms with van der Waals surface area (Å²) in [5, 5.41) is 10.6. The fourth-order valence-electron chi connectivity index (χ4n) is 4.79. The number of piperidine rings is 1. The molecule has 1 aliphatic heterocycles. The van der Waals surface area contributed by atoms with E-state index in [1.165, 1.54) is 43.2 Å². The lowest BCUT2D eigenvalue weighted by Crippen LogP contribution is -2.33. The highest BCUT2D eigenvalue weighted by molar-refractivity contribution is 7.99. The fraction of sp³-hybridized carbons (Fsp3) is 0.346. The molecule has 4 aromatic rings. The third kappa shape index (κ3) is 4.40. The number of aromatic amines is 1. The molecule has 1 saturated heterocycles. The molecule has 0 radical (unpaired) electrons. The molecule has 0 bridgehead atoms. The molecule has 1 atom stereocenters. The highest BCUT2D eigenvalue weighted by Gasteiger charge is 2.26. The monoisotopic (exact) mass is 477 g/mol. The van der Waals surface area contributed by atoms with Gasteiger partial charge in [0.2, 0.25) is 0 Å². The van der Waals surface area contributed by atoms with Gasteiger partial charge in [-0.3, -0.25) is 14.3 Å². The number of benzene rings is 2. The van der Waals surface area contributed by atoms with E-state index in [2.05, 4.69) is 27.0 Å². The molecular weight excluding hydrogens is 449 g/mol. The van der Waals surface area contributed by atoms with Crippen molar-refractivity contribution in [2.45, 2.75) is 44.3 Å². The van der Waals surface area contributed by atoms with Crippen molar-refractivity contribution >= 4 is 28.4 Å². The van der Waals surface area contributed by atoms with Crippen LogP contribution < -0.4 is 0 Å². The lowest BCUT2D eigenvalue weighted by Gasteiger charge is -2.31. The van der Waals surface area contributed by atoms with E-state index in [0.29, 0.717) is 5.16 Å². The van der Waals surface area contributed by atoms with Crippen LogP contribution in [0.2, 0.25) is 0 Å². The quantitative estimate of drug-likeness (QED) is 0.272. The Morgan fingerprint density at radius 1 is 1.09 bits per heavy atom. The van der Waals surface area contributed by atoms with Crippen LogP contribution in [0.4, 0.5) is 4.39 Å². The summed E-state index contributed by atoms with van der Waals surface area (Å²) in [5.41, 5.74) is 3.34. The van der Waals surface area contributed by atoms with Crippen LogP contribution in [-0.4, -0.2) is 49.3 Å². The molecule has 34 heavy (non-hydrogen) atoms. The van der Waals surface area contributed by atoms with Gasteiger partial charge in [0.05, 0.1) is 11.8 Å². The number of nitrogens with zero attached hydrogens (tertiary/aromatic N) is 4. The van der Waals surface area contributed by atoms with Crippen LogP contribution >= 0.6 is 11.8 Å². The predicted molar refractivity (Wildman–Crippen MR) is 133 cm³/mol. The lowest BCUT2D eigenvalue weighted by molar-refractivity contribution is 0.102. The molecule has 1 N–H and O–H groups in total. The Labute approximate surface area is 202 Å². The average Bonchev–Trinajstić information content (AvgIpc) is 3.43. The number of carbonyl (C=O) groups is 1.